The lowest BCUT2D eigenvalue weighted by molar-refractivity contribution is -0.125. The van der Waals surface area contributed by atoms with Gasteiger partial charge in [-0.15, -0.1) is 0 Å². The Hall–Kier alpha value is -0.450. The van der Waals surface area contributed by atoms with Crippen LogP contribution < -0.4 is 0 Å². The Labute approximate surface area is 104 Å². The van der Waals surface area contributed by atoms with Crippen LogP contribution in [0.4, 0.5) is 0 Å². The number of aldehydes is 1. The smallest absolute Gasteiger partial charge is 0.129 e. The summed E-state index contributed by atoms with van der Waals surface area (Å²) in [6, 6.07) is 0.642. The molecule has 2 aliphatic heterocycles. The van der Waals surface area contributed by atoms with Crippen LogP contribution in [-0.4, -0.2) is 69.1 Å². The molecule has 0 spiro atoms. The van der Waals surface area contributed by atoms with Crippen molar-refractivity contribution in [1.29, 1.82) is 0 Å². The van der Waals surface area contributed by atoms with Crippen LogP contribution in [0.25, 0.3) is 0 Å². The summed E-state index contributed by atoms with van der Waals surface area (Å²) >= 11 is 0. The third-order valence-electron chi connectivity index (χ3n) is 4.12. The number of hydrogen-bond acceptors (Lipinski definition) is 4. The molecule has 2 fully saturated rings. The van der Waals surface area contributed by atoms with Crippen molar-refractivity contribution < 1.29 is 9.53 Å². The highest BCUT2D eigenvalue weighted by Gasteiger charge is 2.36. The van der Waals surface area contributed by atoms with Crippen LogP contribution in [-0.2, 0) is 9.53 Å². The van der Waals surface area contributed by atoms with Crippen LogP contribution in [0.5, 0.6) is 0 Å². The van der Waals surface area contributed by atoms with Gasteiger partial charge in [0.05, 0.1) is 12.0 Å². The zero-order valence-corrected chi connectivity index (χ0v) is 11.0. The summed E-state index contributed by atoms with van der Waals surface area (Å²) in [5.41, 5.74) is -0.237. The lowest BCUT2D eigenvalue weighted by Crippen LogP contribution is -2.44. The molecule has 2 atom stereocenters. The molecule has 4 nitrogen and oxygen atoms in total. The molecule has 2 unspecified atom stereocenters. The fourth-order valence-electron chi connectivity index (χ4n) is 2.95. The molecule has 0 aromatic carbocycles. The van der Waals surface area contributed by atoms with Gasteiger partial charge >= 0.3 is 0 Å². The van der Waals surface area contributed by atoms with E-state index in [9.17, 15) is 4.79 Å². The van der Waals surface area contributed by atoms with Gasteiger partial charge in [0.1, 0.15) is 6.29 Å². The Balaban J connectivity index is 1.89. The number of rotatable bonds is 4. The third kappa shape index (κ3) is 3.06. The first kappa shape index (κ1) is 13.0. The van der Waals surface area contributed by atoms with Gasteiger partial charge in [-0.1, -0.05) is 0 Å². The quantitative estimate of drug-likeness (QED) is 0.674. The van der Waals surface area contributed by atoms with Crippen LogP contribution in [0.2, 0.25) is 0 Å². The van der Waals surface area contributed by atoms with Crippen molar-refractivity contribution in [2.45, 2.75) is 25.3 Å². The number of nitrogens with zero attached hydrogens (tertiary/aromatic N) is 2. The van der Waals surface area contributed by atoms with E-state index < -0.39 is 0 Å². The first-order chi connectivity index (χ1) is 8.15. The van der Waals surface area contributed by atoms with E-state index in [1.165, 1.54) is 6.42 Å². The Morgan fingerprint density at radius 3 is 2.88 bits per heavy atom. The highest BCUT2D eigenvalue weighted by molar-refractivity contribution is 5.60. The molecular weight excluding hydrogens is 216 g/mol. The monoisotopic (exact) mass is 240 g/mol. The van der Waals surface area contributed by atoms with E-state index in [4.69, 9.17) is 4.74 Å². The number of carbonyl (C=O) groups excluding carboxylic acids is 1. The predicted molar refractivity (Wildman–Crippen MR) is 67.1 cm³/mol. The maximum atomic E-state index is 11.4. The average Bonchev–Trinajstić information content (AvgIpc) is 2.79. The topological polar surface area (TPSA) is 32.8 Å². The largest absolute Gasteiger partial charge is 0.380 e. The van der Waals surface area contributed by atoms with Gasteiger partial charge in [-0.25, -0.2) is 0 Å². The zero-order valence-electron chi connectivity index (χ0n) is 11.0. The molecule has 2 heterocycles. The second-order valence-electron chi connectivity index (χ2n) is 5.78. The summed E-state index contributed by atoms with van der Waals surface area (Å²) in [4.78, 5) is 16.1. The second-order valence-corrected chi connectivity index (χ2v) is 5.78. The van der Waals surface area contributed by atoms with Gasteiger partial charge in [-0.3, -0.25) is 0 Å². The lowest BCUT2D eigenvalue weighted by atomic mass is 9.83. The van der Waals surface area contributed by atoms with Crippen LogP contribution in [0.15, 0.2) is 0 Å². The van der Waals surface area contributed by atoms with Gasteiger partial charge in [-0.2, -0.15) is 0 Å². The maximum absolute atomic E-state index is 11.4. The fourth-order valence-corrected chi connectivity index (χ4v) is 2.95. The Morgan fingerprint density at radius 1 is 1.53 bits per heavy atom. The van der Waals surface area contributed by atoms with Crippen molar-refractivity contribution in [2.75, 3.05) is 46.9 Å². The first-order valence-electron chi connectivity index (χ1n) is 6.58. The summed E-state index contributed by atoms with van der Waals surface area (Å²) in [5, 5.41) is 0. The van der Waals surface area contributed by atoms with Gasteiger partial charge in [0, 0.05) is 25.7 Å². The van der Waals surface area contributed by atoms with E-state index in [2.05, 4.69) is 23.9 Å². The van der Waals surface area contributed by atoms with Crippen molar-refractivity contribution >= 4 is 6.29 Å². The second kappa shape index (κ2) is 5.46. The molecule has 0 aliphatic carbocycles. The average molecular weight is 240 g/mol. The van der Waals surface area contributed by atoms with Crippen molar-refractivity contribution in [3.63, 3.8) is 0 Å². The Bertz CT molecular complexity index is 262. The van der Waals surface area contributed by atoms with Gasteiger partial charge in [0.2, 0.25) is 0 Å². The van der Waals surface area contributed by atoms with Gasteiger partial charge in [0.15, 0.2) is 0 Å². The number of hydrogen-bond donors (Lipinski definition) is 0. The van der Waals surface area contributed by atoms with Crippen LogP contribution >= 0.6 is 0 Å². The first-order valence-corrected chi connectivity index (χ1v) is 6.58. The predicted octanol–water partition coefficient (Wildman–Crippen LogP) is 0.618. The minimum Gasteiger partial charge on any atom is -0.380 e. The van der Waals surface area contributed by atoms with Crippen molar-refractivity contribution in [1.82, 2.24) is 9.80 Å². The van der Waals surface area contributed by atoms with Gasteiger partial charge < -0.3 is 19.3 Å². The molecular formula is C13H24N2O2. The van der Waals surface area contributed by atoms with Crippen molar-refractivity contribution in [3.05, 3.63) is 0 Å². The summed E-state index contributed by atoms with van der Waals surface area (Å²) in [6.07, 6.45) is 4.35. The molecule has 0 amide bonds. The molecule has 0 bridgehead atoms. The normalized spacial score (nSPS) is 35.4. The Kier molecular flexibility index (Phi) is 4.17. The van der Waals surface area contributed by atoms with E-state index in [0.717, 1.165) is 45.4 Å². The molecule has 0 saturated carbocycles. The SMILES string of the molecule is CN(C)C1CCN(CC2(C=O)CCCOC2)C1. The van der Waals surface area contributed by atoms with E-state index in [0.29, 0.717) is 12.6 Å². The zero-order chi connectivity index (χ0) is 12.3. The molecule has 2 rings (SSSR count). The van der Waals surface area contributed by atoms with E-state index >= 15 is 0 Å². The minimum atomic E-state index is -0.237. The summed E-state index contributed by atoms with van der Waals surface area (Å²) in [6.45, 7) is 4.50. The molecule has 0 aromatic rings. The molecule has 2 saturated heterocycles. The van der Waals surface area contributed by atoms with E-state index in [1.807, 2.05) is 0 Å². The molecule has 0 N–H and O–H groups in total. The molecule has 98 valence electrons. The van der Waals surface area contributed by atoms with E-state index in [-0.39, 0.29) is 5.41 Å². The molecule has 0 aromatic heterocycles. The minimum absolute atomic E-state index is 0.237. The van der Waals surface area contributed by atoms with Crippen LogP contribution in [0, 0.1) is 5.41 Å². The molecule has 17 heavy (non-hydrogen) atoms. The van der Waals surface area contributed by atoms with Gasteiger partial charge in [0.25, 0.3) is 0 Å². The molecule has 4 heteroatoms. The maximum Gasteiger partial charge on any atom is 0.129 e. The molecule has 0 radical (unpaired) electrons. The summed E-state index contributed by atoms with van der Waals surface area (Å²) in [7, 11) is 4.26. The standard InChI is InChI=1S/C13H24N2O2/c1-14(2)12-4-6-15(8-12)9-13(10-16)5-3-7-17-11-13/h10,12H,3-9,11H2,1-2H3. The fraction of sp³-hybridized carbons (Fsp3) is 0.923. The Morgan fingerprint density at radius 2 is 2.35 bits per heavy atom. The van der Waals surface area contributed by atoms with Crippen molar-refractivity contribution in [2.24, 2.45) is 5.41 Å². The lowest BCUT2D eigenvalue weighted by Gasteiger charge is -2.35. The van der Waals surface area contributed by atoms with Crippen molar-refractivity contribution in [3.8, 4) is 0 Å². The number of ether oxygens (including phenoxy) is 1. The molecule has 2 aliphatic rings. The van der Waals surface area contributed by atoms with Crippen LogP contribution in [0.1, 0.15) is 19.3 Å². The highest BCUT2D eigenvalue weighted by atomic mass is 16.5. The van der Waals surface area contributed by atoms with Gasteiger partial charge in [-0.05, 0) is 39.9 Å². The van der Waals surface area contributed by atoms with E-state index in [1.54, 1.807) is 0 Å². The van der Waals surface area contributed by atoms with Crippen LogP contribution in [0.3, 0.4) is 0 Å². The highest BCUT2D eigenvalue weighted by Crippen LogP contribution is 2.29. The summed E-state index contributed by atoms with van der Waals surface area (Å²) < 4.78 is 5.49. The number of likely N-dealkylation sites (N-methyl/N-ethyl adjacent to an activating group) is 1. The number of carbonyl (C=O) groups is 1. The third-order valence-corrected chi connectivity index (χ3v) is 4.12. The number of likely N-dealkylation sites (tertiary alicyclic amines) is 1. The summed E-state index contributed by atoms with van der Waals surface area (Å²) in [5.74, 6) is 0.